The Morgan fingerprint density at radius 2 is 2.03 bits per heavy atom. The minimum Gasteiger partial charge on any atom is -0.333 e. The number of aromatic nitrogens is 2. The van der Waals surface area contributed by atoms with Gasteiger partial charge in [0.2, 0.25) is 5.91 Å². The zero-order chi connectivity index (χ0) is 22.6. The van der Waals surface area contributed by atoms with Gasteiger partial charge in [0.25, 0.3) is 0 Å². The van der Waals surface area contributed by atoms with Crippen molar-refractivity contribution in [1.29, 1.82) is 0 Å². The lowest BCUT2D eigenvalue weighted by Crippen LogP contribution is -2.37. The van der Waals surface area contributed by atoms with E-state index in [0.29, 0.717) is 18.7 Å². The van der Waals surface area contributed by atoms with E-state index < -0.39 is 5.66 Å². The molecule has 8 heteroatoms. The summed E-state index contributed by atoms with van der Waals surface area (Å²) in [5.41, 5.74) is -0.0685. The number of thiophene rings is 1. The van der Waals surface area contributed by atoms with Crippen LogP contribution in [0.2, 0.25) is 0 Å². The van der Waals surface area contributed by atoms with Crippen LogP contribution in [0.5, 0.6) is 0 Å². The molecule has 4 nitrogen and oxygen atoms in total. The Morgan fingerprint density at radius 3 is 2.72 bits per heavy atom. The summed E-state index contributed by atoms with van der Waals surface area (Å²) >= 11 is 1.68. The molecule has 1 aliphatic heterocycles. The molecular formula is C24H24F2N3OPS. The number of halogens is 2. The molecule has 2 unspecified atom stereocenters. The first-order valence-electron chi connectivity index (χ1n) is 10.6. The van der Waals surface area contributed by atoms with Crippen molar-refractivity contribution >= 4 is 26.5 Å². The number of amides is 1. The SMILES string of the molecule is C=CC(=O)N1Cc2sc(C)cc2C(c2ccccc2-c2cn(C3CC3)nc2C(F)(F)P)C1. The summed E-state index contributed by atoms with van der Waals surface area (Å²) in [4.78, 5) is 16.6. The standard InChI is InChI=1S/C24H24F2N3OPS/c1-3-22(30)28-11-19(18-10-14(2)32-21(18)13-28)16-6-4-5-7-17(16)20-12-29(15-8-9-15)27-23(20)24(25,26)31/h3-7,10,12,15,19H,1,8-9,11,13,31H2,2H3. The number of fused-ring (bicyclic) bond motifs is 1. The first-order chi connectivity index (χ1) is 15.3. The molecule has 0 N–H and O–H groups in total. The number of alkyl halides is 2. The molecule has 1 fully saturated rings. The van der Waals surface area contributed by atoms with Crippen molar-refractivity contribution in [2.45, 2.75) is 43.9 Å². The van der Waals surface area contributed by atoms with Crippen LogP contribution in [0, 0.1) is 6.92 Å². The van der Waals surface area contributed by atoms with Gasteiger partial charge in [0.15, 0.2) is 0 Å². The van der Waals surface area contributed by atoms with Crippen molar-refractivity contribution in [1.82, 2.24) is 14.7 Å². The zero-order valence-electron chi connectivity index (χ0n) is 17.7. The number of hydrogen-bond donors (Lipinski definition) is 0. The highest BCUT2D eigenvalue weighted by atomic mass is 32.1. The van der Waals surface area contributed by atoms with E-state index in [1.807, 2.05) is 24.3 Å². The van der Waals surface area contributed by atoms with Crippen molar-refractivity contribution in [3.63, 3.8) is 0 Å². The van der Waals surface area contributed by atoms with Crippen LogP contribution < -0.4 is 0 Å². The Kier molecular flexibility index (Phi) is 5.30. The Balaban J connectivity index is 1.66. The summed E-state index contributed by atoms with van der Waals surface area (Å²) < 4.78 is 30.8. The fourth-order valence-corrected chi connectivity index (χ4v) is 5.85. The smallest absolute Gasteiger partial charge is 0.302 e. The molecular weight excluding hydrogens is 447 g/mol. The molecule has 3 heterocycles. The Labute approximate surface area is 192 Å². The van der Waals surface area contributed by atoms with Gasteiger partial charge in [0, 0.05) is 34.0 Å². The number of carbonyl (C=O) groups excluding carboxylic acids is 1. The van der Waals surface area contributed by atoms with E-state index in [-0.39, 0.29) is 23.6 Å². The second kappa shape index (κ2) is 7.89. The summed E-state index contributed by atoms with van der Waals surface area (Å²) in [5, 5.41) is 4.28. The van der Waals surface area contributed by atoms with E-state index in [1.54, 1.807) is 36.4 Å². The molecule has 0 spiro atoms. The second-order valence-electron chi connectivity index (χ2n) is 8.52. The lowest BCUT2D eigenvalue weighted by Gasteiger charge is -2.33. The van der Waals surface area contributed by atoms with Crippen molar-refractivity contribution in [3.05, 3.63) is 75.8 Å². The predicted octanol–water partition coefficient (Wildman–Crippen LogP) is 5.84. The molecule has 2 atom stereocenters. The summed E-state index contributed by atoms with van der Waals surface area (Å²) in [6.45, 7) is 6.72. The van der Waals surface area contributed by atoms with E-state index in [4.69, 9.17) is 0 Å². The van der Waals surface area contributed by atoms with Gasteiger partial charge in [-0.25, -0.2) is 0 Å². The van der Waals surface area contributed by atoms with E-state index in [0.717, 1.165) is 28.8 Å². The van der Waals surface area contributed by atoms with Crippen molar-refractivity contribution < 1.29 is 13.6 Å². The van der Waals surface area contributed by atoms with Crippen LogP contribution in [-0.2, 0) is 17.0 Å². The third-order valence-electron chi connectivity index (χ3n) is 6.16. The average molecular weight is 472 g/mol. The molecule has 2 aliphatic rings. The van der Waals surface area contributed by atoms with Gasteiger partial charge in [0.05, 0.1) is 12.6 Å². The molecule has 2 aromatic heterocycles. The number of benzene rings is 1. The summed E-state index contributed by atoms with van der Waals surface area (Å²) in [6, 6.07) is 10.0. The maximum atomic E-state index is 14.6. The lowest BCUT2D eigenvalue weighted by molar-refractivity contribution is -0.127. The largest absolute Gasteiger partial charge is 0.333 e. The number of nitrogens with zero attached hydrogens (tertiary/aromatic N) is 3. The molecule has 166 valence electrons. The van der Waals surface area contributed by atoms with Crippen LogP contribution in [0.3, 0.4) is 0 Å². The minimum atomic E-state index is -3.13. The normalized spacial score (nSPS) is 18.5. The van der Waals surface area contributed by atoms with Gasteiger partial charge in [-0.15, -0.1) is 11.3 Å². The molecule has 0 radical (unpaired) electrons. The van der Waals surface area contributed by atoms with Crippen molar-refractivity contribution in [2.24, 2.45) is 0 Å². The Bertz CT molecular complexity index is 1210. The van der Waals surface area contributed by atoms with Gasteiger partial charge in [-0.2, -0.15) is 13.9 Å². The third kappa shape index (κ3) is 3.82. The molecule has 5 rings (SSSR count). The van der Waals surface area contributed by atoms with Crippen LogP contribution in [0.25, 0.3) is 11.1 Å². The summed E-state index contributed by atoms with van der Waals surface area (Å²) in [7, 11) is 1.63. The van der Waals surface area contributed by atoms with Gasteiger partial charge < -0.3 is 4.90 Å². The third-order valence-corrected chi connectivity index (χ3v) is 7.48. The average Bonchev–Trinajstić information content (AvgIpc) is 3.38. The van der Waals surface area contributed by atoms with Gasteiger partial charge in [0.1, 0.15) is 5.69 Å². The van der Waals surface area contributed by atoms with Gasteiger partial charge in [-0.1, -0.05) is 40.1 Å². The topological polar surface area (TPSA) is 38.1 Å². The minimum absolute atomic E-state index is 0.112. The molecule has 3 aromatic rings. The van der Waals surface area contributed by atoms with Crippen LogP contribution in [0.1, 0.15) is 51.4 Å². The highest BCUT2D eigenvalue weighted by Gasteiger charge is 2.37. The fourth-order valence-electron chi connectivity index (χ4n) is 4.53. The number of rotatable bonds is 5. The quantitative estimate of drug-likeness (QED) is 0.346. The van der Waals surface area contributed by atoms with E-state index in [9.17, 15) is 13.6 Å². The molecule has 1 aromatic carbocycles. The fraction of sp³-hybridized carbons (Fsp3) is 0.333. The number of carbonyl (C=O) groups is 1. The zero-order valence-corrected chi connectivity index (χ0v) is 19.7. The molecule has 0 saturated heterocycles. The maximum absolute atomic E-state index is 14.6. The number of hydrogen-bond acceptors (Lipinski definition) is 3. The molecule has 0 bridgehead atoms. The van der Waals surface area contributed by atoms with Crippen LogP contribution in [0.4, 0.5) is 8.78 Å². The second-order valence-corrected chi connectivity index (χ2v) is 10.6. The summed E-state index contributed by atoms with van der Waals surface area (Å²) in [5.74, 6) is -0.234. The molecule has 1 amide bonds. The van der Waals surface area contributed by atoms with Gasteiger partial charge in [-0.05, 0) is 48.6 Å². The van der Waals surface area contributed by atoms with E-state index in [1.165, 1.54) is 16.5 Å². The number of aryl methyl sites for hydroxylation is 1. The molecule has 1 aliphatic carbocycles. The highest BCUT2D eigenvalue weighted by molar-refractivity contribution is 7.17. The van der Waals surface area contributed by atoms with Crippen LogP contribution in [-0.4, -0.2) is 27.1 Å². The van der Waals surface area contributed by atoms with Crippen LogP contribution in [0.15, 0.2) is 49.2 Å². The Morgan fingerprint density at radius 1 is 1.28 bits per heavy atom. The Hall–Kier alpha value is -2.37. The van der Waals surface area contributed by atoms with Crippen molar-refractivity contribution in [3.8, 4) is 11.1 Å². The molecule has 1 saturated carbocycles. The lowest BCUT2D eigenvalue weighted by atomic mass is 9.83. The predicted molar refractivity (Wildman–Crippen MR) is 126 cm³/mol. The molecule has 32 heavy (non-hydrogen) atoms. The first-order valence-corrected chi connectivity index (χ1v) is 12.0. The van der Waals surface area contributed by atoms with E-state index >= 15 is 0 Å². The van der Waals surface area contributed by atoms with Crippen molar-refractivity contribution in [2.75, 3.05) is 6.54 Å². The highest BCUT2D eigenvalue weighted by Crippen LogP contribution is 2.46. The monoisotopic (exact) mass is 471 g/mol. The first kappa shape index (κ1) is 21.5. The van der Waals surface area contributed by atoms with Crippen LogP contribution >= 0.6 is 20.6 Å². The van der Waals surface area contributed by atoms with Gasteiger partial charge >= 0.3 is 5.66 Å². The summed E-state index contributed by atoms with van der Waals surface area (Å²) in [6.07, 6.45) is 5.02. The maximum Gasteiger partial charge on any atom is 0.302 e. The van der Waals surface area contributed by atoms with Gasteiger partial charge in [-0.3, -0.25) is 9.48 Å². The van der Waals surface area contributed by atoms with E-state index in [2.05, 4.69) is 24.7 Å².